The van der Waals surface area contributed by atoms with Crippen LogP contribution in [0.15, 0.2) is 48.5 Å². The highest BCUT2D eigenvalue weighted by molar-refractivity contribution is 5.41. The molecule has 0 radical (unpaired) electrons. The number of phenolic OH excluding ortho intramolecular Hbond substituents is 2. The lowest BCUT2D eigenvalue weighted by atomic mass is 10.1. The van der Waals surface area contributed by atoms with E-state index in [1.54, 1.807) is 24.3 Å². The van der Waals surface area contributed by atoms with Crippen molar-refractivity contribution in [1.29, 1.82) is 0 Å². The van der Waals surface area contributed by atoms with Crippen LogP contribution in [-0.2, 0) is 10.7 Å². The molecule has 7 heteroatoms. The van der Waals surface area contributed by atoms with Crippen molar-refractivity contribution in [3.8, 4) is 11.5 Å². The Kier molecular flexibility index (Phi) is 9.31. The number of aromatic hydroxyl groups is 2. The summed E-state index contributed by atoms with van der Waals surface area (Å²) in [5.41, 5.74) is 0.494. The molecule has 1 atom stereocenters. The van der Waals surface area contributed by atoms with Gasteiger partial charge in [-0.2, -0.15) is 8.78 Å². The van der Waals surface area contributed by atoms with Gasteiger partial charge in [-0.15, -0.1) is 0 Å². The Morgan fingerprint density at radius 2 is 1.66 bits per heavy atom. The molecule has 2 aromatic rings. The first-order valence-electron chi connectivity index (χ1n) is 9.82. The van der Waals surface area contributed by atoms with Gasteiger partial charge in [0.05, 0.1) is 6.10 Å². The van der Waals surface area contributed by atoms with Crippen molar-refractivity contribution in [3.05, 3.63) is 59.7 Å². The normalized spacial score (nSPS) is 12.8. The smallest absolute Gasteiger partial charge is 0.296 e. The number of alkyl halides is 2. The van der Waals surface area contributed by atoms with Crippen LogP contribution in [0.1, 0.15) is 42.9 Å². The summed E-state index contributed by atoms with van der Waals surface area (Å²) < 4.78 is 33.0. The molecule has 160 valence electrons. The second kappa shape index (κ2) is 11.7. The molecular formula is C22H29F2NO4. The van der Waals surface area contributed by atoms with Crippen LogP contribution < -0.4 is 5.32 Å². The molecule has 2 aromatic carbocycles. The summed E-state index contributed by atoms with van der Waals surface area (Å²) in [6.45, 7) is 0.748. The van der Waals surface area contributed by atoms with Gasteiger partial charge in [-0.25, -0.2) is 0 Å². The molecule has 0 aliphatic carbocycles. The van der Waals surface area contributed by atoms with E-state index in [4.69, 9.17) is 4.74 Å². The van der Waals surface area contributed by atoms with Crippen LogP contribution in [0, 0.1) is 0 Å². The predicted octanol–water partition coefficient (Wildman–Crippen LogP) is 4.09. The van der Waals surface area contributed by atoms with Gasteiger partial charge in [-0.05, 0) is 37.1 Å². The van der Waals surface area contributed by atoms with Crippen LogP contribution >= 0.6 is 0 Å². The summed E-state index contributed by atoms with van der Waals surface area (Å²) >= 11 is 0. The summed E-state index contributed by atoms with van der Waals surface area (Å²) in [6.07, 6.45) is 2.66. The molecule has 5 nitrogen and oxygen atoms in total. The predicted molar refractivity (Wildman–Crippen MR) is 107 cm³/mol. The molecule has 0 aliphatic heterocycles. The molecule has 0 aliphatic rings. The lowest BCUT2D eigenvalue weighted by Gasteiger charge is -2.16. The summed E-state index contributed by atoms with van der Waals surface area (Å²) in [6, 6.07) is 11.9. The Labute approximate surface area is 170 Å². The molecule has 0 saturated carbocycles. The molecule has 0 aromatic heterocycles. The quantitative estimate of drug-likeness (QED) is 0.296. The van der Waals surface area contributed by atoms with E-state index < -0.39 is 18.6 Å². The van der Waals surface area contributed by atoms with Crippen molar-refractivity contribution in [2.45, 2.75) is 37.7 Å². The number of nitrogens with one attached hydrogen (secondary N) is 1. The molecule has 0 spiro atoms. The van der Waals surface area contributed by atoms with E-state index >= 15 is 0 Å². The van der Waals surface area contributed by atoms with E-state index in [-0.39, 0.29) is 17.1 Å². The number of aliphatic hydroxyl groups is 1. The number of phenols is 2. The van der Waals surface area contributed by atoms with E-state index in [1.165, 1.54) is 24.3 Å². The number of benzene rings is 2. The lowest BCUT2D eigenvalue weighted by molar-refractivity contribution is -0.0831. The fraction of sp³-hybridized carbons (Fsp3) is 0.455. The third-order valence-electron chi connectivity index (χ3n) is 4.59. The number of aliphatic hydroxyl groups excluding tert-OH is 1. The first kappa shape index (κ1) is 23.1. The molecule has 0 amide bonds. The van der Waals surface area contributed by atoms with Crippen LogP contribution in [0.3, 0.4) is 0 Å². The summed E-state index contributed by atoms with van der Waals surface area (Å²) in [4.78, 5) is 0. The first-order chi connectivity index (χ1) is 13.9. The van der Waals surface area contributed by atoms with Gasteiger partial charge in [0.15, 0.2) is 11.5 Å². The van der Waals surface area contributed by atoms with Crippen molar-refractivity contribution in [1.82, 2.24) is 5.32 Å². The Balaban J connectivity index is 1.48. The van der Waals surface area contributed by atoms with E-state index in [1.807, 2.05) is 0 Å². The minimum atomic E-state index is -2.97. The number of ether oxygens (including phenoxy) is 1. The molecule has 0 unspecified atom stereocenters. The van der Waals surface area contributed by atoms with Crippen LogP contribution in [0.5, 0.6) is 11.5 Å². The average Bonchev–Trinajstić information content (AvgIpc) is 2.72. The maximum atomic E-state index is 13.9. The number of hydrogen-bond acceptors (Lipinski definition) is 5. The van der Waals surface area contributed by atoms with Gasteiger partial charge >= 0.3 is 0 Å². The monoisotopic (exact) mass is 409 g/mol. The molecule has 2 rings (SSSR count). The fourth-order valence-electron chi connectivity index (χ4n) is 2.88. The zero-order valence-electron chi connectivity index (χ0n) is 16.4. The third kappa shape index (κ3) is 7.97. The van der Waals surface area contributed by atoms with Crippen LogP contribution in [0.4, 0.5) is 8.78 Å². The molecule has 0 saturated heterocycles. The van der Waals surface area contributed by atoms with Gasteiger partial charge in [0.1, 0.15) is 6.61 Å². The molecule has 29 heavy (non-hydrogen) atoms. The van der Waals surface area contributed by atoms with Gasteiger partial charge in [-0.1, -0.05) is 49.2 Å². The van der Waals surface area contributed by atoms with Crippen LogP contribution in [-0.4, -0.2) is 41.6 Å². The zero-order chi connectivity index (χ0) is 21.1. The Hall–Kier alpha value is -2.22. The molecule has 4 N–H and O–H groups in total. The zero-order valence-corrected chi connectivity index (χ0v) is 16.4. The largest absolute Gasteiger partial charge is 0.504 e. The first-order valence-corrected chi connectivity index (χ1v) is 9.82. The van der Waals surface area contributed by atoms with Gasteiger partial charge in [0.25, 0.3) is 5.92 Å². The van der Waals surface area contributed by atoms with Gasteiger partial charge in [0, 0.05) is 18.7 Å². The maximum absolute atomic E-state index is 13.9. The molecular weight excluding hydrogens is 380 g/mol. The topological polar surface area (TPSA) is 82.0 Å². The third-order valence-corrected chi connectivity index (χ3v) is 4.59. The van der Waals surface area contributed by atoms with Gasteiger partial charge < -0.3 is 25.4 Å². The number of halogens is 2. The highest BCUT2D eigenvalue weighted by atomic mass is 19.3. The van der Waals surface area contributed by atoms with E-state index in [0.29, 0.717) is 25.3 Å². The van der Waals surface area contributed by atoms with E-state index in [0.717, 1.165) is 25.7 Å². The number of hydrogen-bond donors (Lipinski definition) is 4. The lowest BCUT2D eigenvalue weighted by Crippen LogP contribution is -2.22. The number of rotatable bonds is 13. The summed E-state index contributed by atoms with van der Waals surface area (Å²) in [5, 5.41) is 31.9. The van der Waals surface area contributed by atoms with Crippen molar-refractivity contribution >= 4 is 0 Å². The molecule has 0 bridgehead atoms. The van der Waals surface area contributed by atoms with Gasteiger partial charge in [0.2, 0.25) is 0 Å². The van der Waals surface area contributed by atoms with Crippen molar-refractivity contribution in [2.24, 2.45) is 0 Å². The summed E-state index contributed by atoms with van der Waals surface area (Å²) in [5.74, 6) is -3.45. The minimum absolute atomic E-state index is 0.0317. The highest BCUT2D eigenvalue weighted by Gasteiger charge is 2.31. The molecule has 0 fully saturated rings. The Bertz CT molecular complexity index is 728. The number of unbranched alkanes of at least 4 members (excludes halogenated alkanes) is 3. The van der Waals surface area contributed by atoms with Crippen LogP contribution in [0.25, 0.3) is 0 Å². The molecule has 0 heterocycles. The maximum Gasteiger partial charge on any atom is 0.296 e. The standard InChI is InChI=1S/C22H29F2NO4/c23-22(24,18-8-4-3-5-9-18)16-29-13-7-2-1-6-12-25-15-21(28)17-10-11-19(26)20(27)14-17/h3-5,8-11,14,21,25-28H,1-2,6-7,12-13,15-16H2/t21-/m0/s1. The Morgan fingerprint density at radius 3 is 2.38 bits per heavy atom. The van der Waals surface area contributed by atoms with E-state index in [9.17, 15) is 24.1 Å². The Morgan fingerprint density at radius 1 is 0.931 bits per heavy atom. The van der Waals surface area contributed by atoms with Gasteiger partial charge in [-0.3, -0.25) is 0 Å². The second-order valence-electron chi connectivity index (χ2n) is 7.01. The SMILES string of the molecule is Oc1ccc([C@@H](O)CNCCCCCCOCC(F)(F)c2ccccc2)cc1O. The fourth-order valence-corrected chi connectivity index (χ4v) is 2.88. The van der Waals surface area contributed by atoms with Crippen LogP contribution in [0.2, 0.25) is 0 Å². The van der Waals surface area contributed by atoms with Crippen molar-refractivity contribution in [3.63, 3.8) is 0 Å². The highest BCUT2D eigenvalue weighted by Crippen LogP contribution is 2.28. The van der Waals surface area contributed by atoms with E-state index in [2.05, 4.69) is 5.32 Å². The van der Waals surface area contributed by atoms with Crippen molar-refractivity contribution < 1.29 is 28.8 Å². The second-order valence-corrected chi connectivity index (χ2v) is 7.01. The van der Waals surface area contributed by atoms with Crippen molar-refractivity contribution in [2.75, 3.05) is 26.3 Å². The summed E-state index contributed by atoms with van der Waals surface area (Å²) in [7, 11) is 0. The minimum Gasteiger partial charge on any atom is -0.504 e. The average molecular weight is 409 g/mol.